The lowest BCUT2D eigenvalue weighted by Gasteiger charge is -2.41. The molecule has 1 saturated heterocycles. The molecule has 2 aliphatic rings. The number of fused-ring (bicyclic) bond motifs is 1. The molecule has 2 N–H and O–H groups in total. The number of hydrogen-bond acceptors (Lipinski definition) is 4. The molecule has 0 spiro atoms. The highest BCUT2D eigenvalue weighted by Crippen LogP contribution is 2.28. The van der Waals surface area contributed by atoms with Crippen molar-refractivity contribution in [1.29, 1.82) is 0 Å². The average molecular weight is 488 g/mol. The van der Waals surface area contributed by atoms with Crippen molar-refractivity contribution in [3.05, 3.63) is 29.8 Å². The van der Waals surface area contributed by atoms with Gasteiger partial charge in [-0.25, -0.2) is 0 Å². The molecular formula is C20H33IN4O2. The van der Waals surface area contributed by atoms with Crippen LogP contribution in [0.15, 0.2) is 29.3 Å². The van der Waals surface area contributed by atoms with Gasteiger partial charge in [-0.1, -0.05) is 18.2 Å². The van der Waals surface area contributed by atoms with Crippen LogP contribution in [0.5, 0.6) is 5.75 Å². The van der Waals surface area contributed by atoms with Crippen LogP contribution in [0.4, 0.5) is 0 Å². The maximum absolute atomic E-state index is 6.02. The third kappa shape index (κ3) is 5.71. The molecule has 1 fully saturated rings. The molecule has 1 unspecified atom stereocenters. The fourth-order valence-corrected chi connectivity index (χ4v) is 3.64. The summed E-state index contributed by atoms with van der Waals surface area (Å²) in [5.41, 5.74) is 1.37. The summed E-state index contributed by atoms with van der Waals surface area (Å²) in [5, 5.41) is 6.81. The minimum Gasteiger partial charge on any atom is -0.488 e. The Morgan fingerprint density at radius 3 is 2.63 bits per heavy atom. The summed E-state index contributed by atoms with van der Waals surface area (Å²) in [6.45, 7) is 6.08. The van der Waals surface area contributed by atoms with Crippen molar-refractivity contribution in [3.8, 4) is 5.75 Å². The standard InChI is InChI=1S/C20H32N4O2.HI/c1-4-21-19(23-15-20(24(2)3)9-11-25-12-10-20)22-14-17-13-16-7-5-6-8-18(16)26-17;/h5-8,17H,4,9-15H2,1-3H3,(H2,21,22,23);1H. The molecule has 1 aromatic rings. The number of hydrogen-bond donors (Lipinski definition) is 2. The molecule has 0 aliphatic carbocycles. The zero-order valence-electron chi connectivity index (χ0n) is 16.7. The molecular weight excluding hydrogens is 455 g/mol. The summed E-state index contributed by atoms with van der Waals surface area (Å²) in [6, 6.07) is 8.27. The quantitative estimate of drug-likeness (QED) is 0.366. The largest absolute Gasteiger partial charge is 0.488 e. The number of likely N-dealkylation sites (N-methyl/N-ethyl adjacent to an activating group) is 1. The summed E-state index contributed by atoms with van der Waals surface area (Å²) in [7, 11) is 4.29. The van der Waals surface area contributed by atoms with Gasteiger partial charge in [-0.2, -0.15) is 0 Å². The van der Waals surface area contributed by atoms with Crippen LogP contribution < -0.4 is 15.4 Å². The molecule has 152 valence electrons. The SMILES string of the molecule is CCNC(=NCC1(N(C)C)CCOCC1)NCC1Cc2ccccc2O1.I. The normalized spacial score (nSPS) is 21.2. The molecule has 0 aromatic heterocycles. The third-order valence-corrected chi connectivity index (χ3v) is 5.46. The fraction of sp³-hybridized carbons (Fsp3) is 0.650. The number of nitrogens with zero attached hydrogens (tertiary/aromatic N) is 2. The first-order valence-corrected chi connectivity index (χ1v) is 9.65. The highest BCUT2D eigenvalue weighted by molar-refractivity contribution is 14.0. The average Bonchev–Trinajstić information content (AvgIpc) is 3.07. The lowest BCUT2D eigenvalue weighted by Crippen LogP contribution is -2.52. The van der Waals surface area contributed by atoms with Gasteiger partial charge in [0, 0.05) is 31.7 Å². The number of para-hydroxylation sites is 1. The third-order valence-electron chi connectivity index (χ3n) is 5.46. The summed E-state index contributed by atoms with van der Waals surface area (Å²) in [4.78, 5) is 7.19. The smallest absolute Gasteiger partial charge is 0.191 e. The van der Waals surface area contributed by atoms with Crippen LogP contribution >= 0.6 is 24.0 Å². The van der Waals surface area contributed by atoms with E-state index in [1.54, 1.807) is 0 Å². The Morgan fingerprint density at radius 2 is 1.96 bits per heavy atom. The van der Waals surface area contributed by atoms with Gasteiger partial charge >= 0.3 is 0 Å². The molecule has 0 saturated carbocycles. The van der Waals surface area contributed by atoms with Crippen molar-refractivity contribution >= 4 is 29.9 Å². The van der Waals surface area contributed by atoms with E-state index in [-0.39, 0.29) is 35.6 Å². The highest BCUT2D eigenvalue weighted by Gasteiger charge is 2.34. The Kier molecular flexibility index (Phi) is 8.62. The molecule has 6 nitrogen and oxygen atoms in total. The van der Waals surface area contributed by atoms with Gasteiger partial charge in [0.05, 0.1) is 13.1 Å². The number of rotatable bonds is 6. The Labute approximate surface area is 180 Å². The number of benzene rings is 1. The van der Waals surface area contributed by atoms with Crippen molar-refractivity contribution in [2.24, 2.45) is 4.99 Å². The number of nitrogens with one attached hydrogen (secondary N) is 2. The van der Waals surface area contributed by atoms with Gasteiger partial charge < -0.3 is 25.0 Å². The van der Waals surface area contributed by atoms with Gasteiger partial charge in [0.15, 0.2) is 5.96 Å². The van der Waals surface area contributed by atoms with Gasteiger partial charge in [-0.3, -0.25) is 4.99 Å². The van der Waals surface area contributed by atoms with Crippen LogP contribution in [0, 0.1) is 0 Å². The second kappa shape index (κ2) is 10.5. The van der Waals surface area contributed by atoms with E-state index in [0.29, 0.717) is 0 Å². The van der Waals surface area contributed by atoms with Crippen LogP contribution in [-0.4, -0.2) is 69.4 Å². The lowest BCUT2D eigenvalue weighted by atomic mass is 9.89. The second-order valence-corrected chi connectivity index (χ2v) is 7.36. The topological polar surface area (TPSA) is 58.1 Å². The monoisotopic (exact) mass is 488 g/mol. The zero-order chi connectivity index (χ0) is 18.4. The molecule has 3 rings (SSSR count). The first-order chi connectivity index (χ1) is 12.6. The number of halogens is 1. The van der Waals surface area contributed by atoms with E-state index in [2.05, 4.69) is 48.7 Å². The van der Waals surface area contributed by atoms with Crippen molar-refractivity contribution in [2.45, 2.75) is 37.8 Å². The van der Waals surface area contributed by atoms with Crippen molar-refractivity contribution in [3.63, 3.8) is 0 Å². The van der Waals surface area contributed by atoms with Gasteiger partial charge in [-0.15, -0.1) is 24.0 Å². The summed E-state index contributed by atoms with van der Waals surface area (Å²) in [6.07, 6.45) is 3.14. The maximum Gasteiger partial charge on any atom is 0.191 e. The highest BCUT2D eigenvalue weighted by atomic mass is 127. The molecule has 2 aliphatic heterocycles. The molecule has 27 heavy (non-hydrogen) atoms. The predicted octanol–water partition coefficient (Wildman–Crippen LogP) is 2.27. The number of aliphatic imine (C=N–C) groups is 1. The van der Waals surface area contributed by atoms with Crippen molar-refractivity contribution < 1.29 is 9.47 Å². The van der Waals surface area contributed by atoms with Crippen molar-refractivity contribution in [2.75, 3.05) is 46.9 Å². The van der Waals surface area contributed by atoms with Gasteiger partial charge in [-0.05, 0) is 45.5 Å². The van der Waals surface area contributed by atoms with Crippen LogP contribution in [-0.2, 0) is 11.2 Å². The molecule has 1 atom stereocenters. The number of guanidine groups is 1. The molecule has 0 amide bonds. The van der Waals surface area contributed by atoms with E-state index in [9.17, 15) is 0 Å². The molecule has 0 radical (unpaired) electrons. The van der Waals surface area contributed by atoms with Gasteiger partial charge in [0.1, 0.15) is 11.9 Å². The Bertz CT molecular complexity index is 593. The summed E-state index contributed by atoms with van der Waals surface area (Å²) in [5.74, 6) is 1.87. The zero-order valence-corrected chi connectivity index (χ0v) is 19.0. The van der Waals surface area contributed by atoms with E-state index in [1.807, 2.05) is 12.1 Å². The summed E-state index contributed by atoms with van der Waals surface area (Å²) < 4.78 is 11.6. The first kappa shape index (κ1) is 22.2. The Morgan fingerprint density at radius 1 is 1.22 bits per heavy atom. The number of ether oxygens (including phenoxy) is 2. The minimum atomic E-state index is 0. The van der Waals surface area contributed by atoms with E-state index in [4.69, 9.17) is 14.5 Å². The van der Waals surface area contributed by atoms with Crippen LogP contribution in [0.25, 0.3) is 0 Å². The Hall–Kier alpha value is -1.06. The van der Waals surface area contributed by atoms with Crippen molar-refractivity contribution in [1.82, 2.24) is 15.5 Å². The Balaban J connectivity index is 0.00000261. The van der Waals surface area contributed by atoms with E-state index >= 15 is 0 Å². The molecule has 0 bridgehead atoms. The second-order valence-electron chi connectivity index (χ2n) is 7.36. The van der Waals surface area contributed by atoms with Crippen LogP contribution in [0.1, 0.15) is 25.3 Å². The summed E-state index contributed by atoms with van der Waals surface area (Å²) >= 11 is 0. The molecule has 1 aromatic carbocycles. The van der Waals surface area contributed by atoms with Gasteiger partial charge in [0.25, 0.3) is 0 Å². The van der Waals surface area contributed by atoms with E-state index in [0.717, 1.165) is 63.8 Å². The minimum absolute atomic E-state index is 0. The van der Waals surface area contributed by atoms with E-state index < -0.39 is 0 Å². The fourth-order valence-electron chi connectivity index (χ4n) is 3.64. The maximum atomic E-state index is 6.02. The van der Waals surface area contributed by atoms with Crippen LogP contribution in [0.3, 0.4) is 0 Å². The molecule has 2 heterocycles. The van der Waals surface area contributed by atoms with Gasteiger partial charge in [0.2, 0.25) is 0 Å². The molecule has 7 heteroatoms. The van der Waals surface area contributed by atoms with E-state index in [1.165, 1.54) is 5.56 Å². The van der Waals surface area contributed by atoms with Crippen LogP contribution in [0.2, 0.25) is 0 Å². The first-order valence-electron chi connectivity index (χ1n) is 9.65. The predicted molar refractivity (Wildman–Crippen MR) is 120 cm³/mol. The lowest BCUT2D eigenvalue weighted by molar-refractivity contribution is -0.00255.